The Balaban J connectivity index is 1.59. The normalized spacial score (nSPS) is 38.1. The Hall–Kier alpha value is -2.43. The van der Waals surface area contributed by atoms with Gasteiger partial charge >= 0.3 is 5.97 Å². The number of hydrogen-bond donors (Lipinski definition) is 0. The molecule has 2 bridgehead atoms. The smallest absolute Gasteiger partial charge is 0.339 e. The Bertz CT molecular complexity index is 777. The number of methoxy groups -OCH3 is 1. The summed E-state index contributed by atoms with van der Waals surface area (Å²) in [5.74, 6) is 0.0992. The van der Waals surface area contributed by atoms with Crippen LogP contribution in [0.5, 0.6) is 0 Å². The van der Waals surface area contributed by atoms with Gasteiger partial charge in [-0.25, -0.2) is 9.69 Å². The lowest BCUT2D eigenvalue weighted by molar-refractivity contribution is -0.124. The van der Waals surface area contributed by atoms with E-state index in [0.717, 1.165) is 6.42 Å². The number of amides is 2. The molecule has 0 aromatic heterocycles. The minimum Gasteiger partial charge on any atom is -0.465 e. The number of hydrogen-bond acceptors (Lipinski definition) is 4. The molecule has 6 atom stereocenters. The molecule has 24 heavy (non-hydrogen) atoms. The summed E-state index contributed by atoms with van der Waals surface area (Å²) in [4.78, 5) is 39.4. The summed E-state index contributed by atoms with van der Waals surface area (Å²) in [6.07, 6.45) is 5.41. The molecule has 0 unspecified atom stereocenters. The lowest BCUT2D eigenvalue weighted by Gasteiger charge is -2.37. The zero-order valence-electron chi connectivity index (χ0n) is 13.2. The summed E-state index contributed by atoms with van der Waals surface area (Å²) >= 11 is 0. The molecule has 0 N–H and O–H groups in total. The van der Waals surface area contributed by atoms with Crippen molar-refractivity contribution >= 4 is 23.5 Å². The van der Waals surface area contributed by atoms with Gasteiger partial charge in [-0.3, -0.25) is 9.59 Å². The van der Waals surface area contributed by atoms with E-state index in [1.807, 2.05) is 0 Å². The van der Waals surface area contributed by atoms with E-state index in [4.69, 9.17) is 4.74 Å². The van der Waals surface area contributed by atoms with E-state index >= 15 is 0 Å². The second-order valence-corrected chi connectivity index (χ2v) is 7.18. The Kier molecular flexibility index (Phi) is 2.65. The number of esters is 1. The number of ether oxygens (including phenoxy) is 1. The van der Waals surface area contributed by atoms with E-state index in [1.165, 1.54) is 12.0 Å². The fourth-order valence-corrected chi connectivity index (χ4v) is 5.15. The average Bonchev–Trinajstić information content (AvgIpc) is 3.39. The molecule has 1 aliphatic heterocycles. The maximum Gasteiger partial charge on any atom is 0.339 e. The predicted octanol–water partition coefficient (Wildman–Crippen LogP) is 2.03. The van der Waals surface area contributed by atoms with Gasteiger partial charge < -0.3 is 4.74 Å². The number of carbonyl (C=O) groups is 3. The SMILES string of the molecule is COC(=O)c1ccccc1N1C(=O)[C@@H]2[C@@H]3C=C[C@H]([C@@H]4C[C@H]34)[C@@H]2C1=O. The lowest BCUT2D eigenvalue weighted by atomic mass is 9.63. The van der Waals surface area contributed by atoms with Crippen LogP contribution in [-0.2, 0) is 14.3 Å². The van der Waals surface area contributed by atoms with Crippen molar-refractivity contribution in [2.24, 2.45) is 35.5 Å². The Morgan fingerprint density at radius 2 is 1.62 bits per heavy atom. The molecule has 3 fully saturated rings. The van der Waals surface area contributed by atoms with Crippen LogP contribution in [0, 0.1) is 35.5 Å². The van der Waals surface area contributed by atoms with Gasteiger partial charge in [0.25, 0.3) is 0 Å². The second-order valence-electron chi connectivity index (χ2n) is 7.18. The quantitative estimate of drug-likeness (QED) is 0.475. The van der Waals surface area contributed by atoms with Gasteiger partial charge in [0.2, 0.25) is 11.8 Å². The minimum atomic E-state index is -0.537. The Morgan fingerprint density at radius 1 is 1.04 bits per heavy atom. The molecule has 2 amide bonds. The van der Waals surface area contributed by atoms with Crippen LogP contribution in [0.4, 0.5) is 5.69 Å². The molecule has 1 saturated heterocycles. The van der Waals surface area contributed by atoms with Gasteiger partial charge in [-0.05, 0) is 42.2 Å². The highest BCUT2D eigenvalue weighted by molar-refractivity contribution is 6.24. The maximum atomic E-state index is 13.1. The molecule has 0 spiro atoms. The molecule has 1 heterocycles. The van der Waals surface area contributed by atoms with Crippen molar-refractivity contribution in [3.8, 4) is 0 Å². The molecular formula is C19H17NO4. The first-order chi connectivity index (χ1) is 11.6. The largest absolute Gasteiger partial charge is 0.465 e. The van der Waals surface area contributed by atoms with E-state index in [1.54, 1.807) is 24.3 Å². The van der Waals surface area contributed by atoms with Crippen LogP contribution >= 0.6 is 0 Å². The van der Waals surface area contributed by atoms with E-state index in [2.05, 4.69) is 12.2 Å². The van der Waals surface area contributed by atoms with Crippen LogP contribution < -0.4 is 4.90 Å². The highest BCUT2D eigenvalue weighted by Gasteiger charge is 2.67. The van der Waals surface area contributed by atoms with Gasteiger partial charge in [0.05, 0.1) is 30.2 Å². The van der Waals surface area contributed by atoms with Crippen LogP contribution in [0.3, 0.4) is 0 Å². The summed E-state index contributed by atoms with van der Waals surface area (Å²) in [5, 5.41) is 0. The molecule has 6 rings (SSSR count). The number of anilines is 1. The lowest BCUT2D eigenvalue weighted by Crippen LogP contribution is -2.40. The molecule has 1 aromatic rings. The van der Waals surface area contributed by atoms with E-state index in [0.29, 0.717) is 17.5 Å². The fraction of sp³-hybridized carbons (Fsp3) is 0.421. The number of allylic oxidation sites excluding steroid dienone is 2. The highest BCUT2D eigenvalue weighted by atomic mass is 16.5. The van der Waals surface area contributed by atoms with E-state index in [9.17, 15) is 14.4 Å². The van der Waals surface area contributed by atoms with Gasteiger partial charge in [0.15, 0.2) is 0 Å². The number of carbonyl (C=O) groups excluding carboxylic acids is 3. The monoisotopic (exact) mass is 323 g/mol. The maximum absolute atomic E-state index is 13.1. The zero-order valence-corrected chi connectivity index (χ0v) is 13.2. The standard InChI is InChI=1S/C19H17NO4/c1-24-19(23)11-4-2-3-5-14(11)20-17(21)15-9-6-7-10(13-8-12(9)13)16(15)18(20)22/h2-7,9-10,12-13,15-16H,8H2,1H3/t9-,10-,12-,13+,15-,16+/m1/s1. The van der Waals surface area contributed by atoms with Gasteiger partial charge in [-0.2, -0.15) is 0 Å². The van der Waals surface area contributed by atoms with Crippen molar-refractivity contribution < 1.29 is 19.1 Å². The zero-order chi connectivity index (χ0) is 16.6. The molecule has 5 nitrogen and oxygen atoms in total. The first-order valence-corrected chi connectivity index (χ1v) is 8.37. The van der Waals surface area contributed by atoms with Gasteiger partial charge in [0.1, 0.15) is 0 Å². The number of nitrogens with zero attached hydrogens (tertiary/aromatic N) is 1. The Labute approximate surface area is 139 Å². The first-order valence-electron chi connectivity index (χ1n) is 8.37. The van der Waals surface area contributed by atoms with Crippen LogP contribution in [0.1, 0.15) is 16.8 Å². The number of para-hydroxylation sites is 1. The fourth-order valence-electron chi connectivity index (χ4n) is 5.15. The van der Waals surface area contributed by atoms with Crippen LogP contribution in [0.25, 0.3) is 0 Å². The van der Waals surface area contributed by atoms with E-state index in [-0.39, 0.29) is 41.0 Å². The van der Waals surface area contributed by atoms with Crippen molar-refractivity contribution in [3.05, 3.63) is 42.0 Å². The van der Waals surface area contributed by atoms with Crippen molar-refractivity contribution in [1.82, 2.24) is 0 Å². The van der Waals surface area contributed by atoms with Crippen molar-refractivity contribution in [1.29, 1.82) is 0 Å². The van der Waals surface area contributed by atoms with Gasteiger partial charge in [0, 0.05) is 0 Å². The van der Waals surface area contributed by atoms with Crippen LogP contribution in [0.15, 0.2) is 36.4 Å². The highest BCUT2D eigenvalue weighted by Crippen LogP contribution is 2.65. The minimum absolute atomic E-state index is 0.161. The average molecular weight is 323 g/mol. The van der Waals surface area contributed by atoms with Crippen LogP contribution in [0.2, 0.25) is 0 Å². The molecule has 4 aliphatic carbocycles. The second kappa shape index (κ2) is 4.56. The number of imide groups is 1. The molecule has 2 saturated carbocycles. The summed E-state index contributed by atoms with van der Waals surface area (Å²) < 4.78 is 4.80. The van der Waals surface area contributed by atoms with Crippen molar-refractivity contribution in [2.45, 2.75) is 6.42 Å². The first kappa shape index (κ1) is 14.0. The third-order valence-electron chi connectivity index (χ3n) is 6.21. The topological polar surface area (TPSA) is 63.7 Å². The number of benzene rings is 1. The van der Waals surface area contributed by atoms with E-state index < -0.39 is 5.97 Å². The molecular weight excluding hydrogens is 306 g/mol. The van der Waals surface area contributed by atoms with Gasteiger partial charge in [-0.15, -0.1) is 0 Å². The summed E-state index contributed by atoms with van der Waals surface area (Å²) in [6.45, 7) is 0. The summed E-state index contributed by atoms with van der Waals surface area (Å²) in [5.41, 5.74) is 0.604. The molecule has 5 heteroatoms. The predicted molar refractivity (Wildman–Crippen MR) is 85.0 cm³/mol. The summed E-state index contributed by atoms with van der Waals surface area (Å²) in [6, 6.07) is 6.67. The molecule has 0 radical (unpaired) electrons. The third kappa shape index (κ3) is 1.57. The molecule has 122 valence electrons. The third-order valence-corrected chi connectivity index (χ3v) is 6.21. The Morgan fingerprint density at radius 3 is 2.21 bits per heavy atom. The number of rotatable bonds is 2. The van der Waals surface area contributed by atoms with Crippen LogP contribution in [-0.4, -0.2) is 24.9 Å². The molecule has 5 aliphatic rings. The molecule has 1 aromatic carbocycles. The van der Waals surface area contributed by atoms with Crippen molar-refractivity contribution in [3.63, 3.8) is 0 Å². The van der Waals surface area contributed by atoms with Crippen molar-refractivity contribution in [2.75, 3.05) is 12.0 Å². The summed E-state index contributed by atoms with van der Waals surface area (Å²) in [7, 11) is 1.30. The van der Waals surface area contributed by atoms with Gasteiger partial charge in [-0.1, -0.05) is 24.3 Å².